The first-order valence-electron chi connectivity index (χ1n) is 7.41. The third kappa shape index (κ3) is 3.64. The SMILES string of the molecule is Nc1cccnc1Nc1cccc(CCc2ccccc2)c1. The summed E-state index contributed by atoms with van der Waals surface area (Å²) < 4.78 is 0. The minimum atomic E-state index is 0.650. The number of rotatable bonds is 5. The molecule has 3 rings (SSSR count). The molecule has 2 aromatic carbocycles. The van der Waals surface area contributed by atoms with Crippen molar-refractivity contribution in [3.63, 3.8) is 0 Å². The fourth-order valence-corrected chi connectivity index (χ4v) is 2.40. The standard InChI is InChI=1S/C19H19N3/c20-18-10-5-13-21-19(18)22-17-9-4-8-16(14-17)12-11-15-6-2-1-3-7-15/h1-10,13-14H,11-12,20H2,(H,21,22). The Balaban J connectivity index is 1.69. The highest BCUT2D eigenvalue weighted by Crippen LogP contribution is 2.21. The van der Waals surface area contributed by atoms with Gasteiger partial charge in [-0.05, 0) is 48.2 Å². The van der Waals surface area contributed by atoms with E-state index < -0.39 is 0 Å². The third-order valence-electron chi connectivity index (χ3n) is 3.57. The first-order valence-corrected chi connectivity index (χ1v) is 7.41. The minimum Gasteiger partial charge on any atom is -0.396 e. The molecule has 110 valence electrons. The smallest absolute Gasteiger partial charge is 0.153 e. The van der Waals surface area contributed by atoms with Crippen LogP contribution in [0.2, 0.25) is 0 Å². The molecule has 0 saturated carbocycles. The Bertz CT molecular complexity index is 738. The van der Waals surface area contributed by atoms with Gasteiger partial charge in [-0.15, -0.1) is 0 Å². The van der Waals surface area contributed by atoms with Crippen LogP contribution in [-0.4, -0.2) is 4.98 Å². The highest BCUT2D eigenvalue weighted by Gasteiger charge is 2.01. The summed E-state index contributed by atoms with van der Waals surface area (Å²) >= 11 is 0. The van der Waals surface area contributed by atoms with E-state index >= 15 is 0 Å². The van der Waals surface area contributed by atoms with E-state index in [1.807, 2.05) is 24.3 Å². The van der Waals surface area contributed by atoms with Gasteiger partial charge in [0.25, 0.3) is 0 Å². The number of hydrogen-bond donors (Lipinski definition) is 2. The van der Waals surface area contributed by atoms with E-state index in [4.69, 9.17) is 5.73 Å². The summed E-state index contributed by atoms with van der Waals surface area (Å²) in [6, 6.07) is 22.6. The molecule has 3 nitrogen and oxygen atoms in total. The number of benzene rings is 2. The zero-order valence-electron chi connectivity index (χ0n) is 12.4. The van der Waals surface area contributed by atoms with Crippen LogP contribution in [0.15, 0.2) is 72.9 Å². The molecule has 0 spiro atoms. The predicted octanol–water partition coefficient (Wildman–Crippen LogP) is 4.19. The summed E-state index contributed by atoms with van der Waals surface area (Å²) in [5, 5.41) is 3.27. The Hall–Kier alpha value is -2.81. The number of nitrogens with zero attached hydrogens (tertiary/aromatic N) is 1. The number of hydrogen-bond acceptors (Lipinski definition) is 3. The van der Waals surface area contributed by atoms with E-state index in [2.05, 4.69) is 52.8 Å². The largest absolute Gasteiger partial charge is 0.396 e. The number of pyridine rings is 1. The number of aryl methyl sites for hydroxylation is 2. The predicted molar refractivity (Wildman–Crippen MR) is 92.2 cm³/mol. The van der Waals surface area contributed by atoms with Crippen molar-refractivity contribution < 1.29 is 0 Å². The van der Waals surface area contributed by atoms with Crippen molar-refractivity contribution in [3.8, 4) is 0 Å². The summed E-state index contributed by atoms with van der Waals surface area (Å²) in [6.07, 6.45) is 3.78. The van der Waals surface area contributed by atoms with E-state index in [1.54, 1.807) is 6.20 Å². The fraction of sp³-hybridized carbons (Fsp3) is 0.105. The molecule has 0 unspecified atom stereocenters. The molecule has 0 saturated heterocycles. The lowest BCUT2D eigenvalue weighted by Crippen LogP contribution is -1.99. The van der Waals surface area contributed by atoms with Gasteiger partial charge in [0.05, 0.1) is 5.69 Å². The minimum absolute atomic E-state index is 0.650. The molecule has 3 heteroatoms. The quantitative estimate of drug-likeness (QED) is 0.740. The van der Waals surface area contributed by atoms with Gasteiger partial charge < -0.3 is 11.1 Å². The van der Waals surface area contributed by atoms with Gasteiger partial charge in [-0.1, -0.05) is 42.5 Å². The molecule has 22 heavy (non-hydrogen) atoms. The molecule has 0 amide bonds. The molecule has 0 fully saturated rings. The Kier molecular flexibility index (Phi) is 4.35. The summed E-state index contributed by atoms with van der Waals surface area (Å²) in [4.78, 5) is 4.26. The fourth-order valence-electron chi connectivity index (χ4n) is 2.40. The Morgan fingerprint density at radius 1 is 0.818 bits per heavy atom. The Morgan fingerprint density at radius 2 is 1.59 bits per heavy atom. The lowest BCUT2D eigenvalue weighted by molar-refractivity contribution is 0.961. The van der Waals surface area contributed by atoms with Crippen LogP contribution in [0.5, 0.6) is 0 Å². The monoisotopic (exact) mass is 289 g/mol. The zero-order chi connectivity index (χ0) is 15.2. The molecule has 0 aliphatic heterocycles. The molecule has 3 aromatic rings. The van der Waals surface area contributed by atoms with Crippen LogP contribution in [0.1, 0.15) is 11.1 Å². The molecule has 0 aliphatic rings. The summed E-state index contributed by atoms with van der Waals surface area (Å²) in [7, 11) is 0. The molecular weight excluding hydrogens is 270 g/mol. The molecule has 0 bridgehead atoms. The van der Waals surface area contributed by atoms with Crippen molar-refractivity contribution in [1.29, 1.82) is 0 Å². The van der Waals surface area contributed by atoms with E-state index in [0.717, 1.165) is 18.5 Å². The number of aromatic nitrogens is 1. The van der Waals surface area contributed by atoms with Crippen molar-refractivity contribution in [2.75, 3.05) is 11.1 Å². The highest BCUT2D eigenvalue weighted by atomic mass is 15.0. The van der Waals surface area contributed by atoms with Crippen LogP contribution in [0.25, 0.3) is 0 Å². The number of nitrogens with one attached hydrogen (secondary N) is 1. The molecule has 1 heterocycles. The molecule has 0 radical (unpaired) electrons. The topological polar surface area (TPSA) is 50.9 Å². The van der Waals surface area contributed by atoms with Gasteiger partial charge in [0.15, 0.2) is 5.82 Å². The van der Waals surface area contributed by atoms with Gasteiger partial charge >= 0.3 is 0 Å². The third-order valence-corrected chi connectivity index (χ3v) is 3.57. The Morgan fingerprint density at radius 3 is 2.41 bits per heavy atom. The second-order valence-electron chi connectivity index (χ2n) is 5.25. The van der Waals surface area contributed by atoms with Crippen molar-refractivity contribution >= 4 is 17.2 Å². The van der Waals surface area contributed by atoms with Crippen LogP contribution >= 0.6 is 0 Å². The molecule has 1 aromatic heterocycles. The van der Waals surface area contributed by atoms with Crippen LogP contribution in [0.4, 0.5) is 17.2 Å². The van der Waals surface area contributed by atoms with Gasteiger partial charge in [-0.2, -0.15) is 0 Å². The van der Waals surface area contributed by atoms with E-state index in [9.17, 15) is 0 Å². The lowest BCUT2D eigenvalue weighted by Gasteiger charge is -2.09. The van der Waals surface area contributed by atoms with Crippen molar-refractivity contribution in [1.82, 2.24) is 4.98 Å². The van der Waals surface area contributed by atoms with Crippen LogP contribution < -0.4 is 11.1 Å². The van der Waals surface area contributed by atoms with Crippen LogP contribution in [0.3, 0.4) is 0 Å². The van der Waals surface area contributed by atoms with Crippen molar-refractivity contribution in [2.45, 2.75) is 12.8 Å². The molecular formula is C19H19N3. The normalized spacial score (nSPS) is 10.4. The highest BCUT2D eigenvalue weighted by molar-refractivity contribution is 5.68. The average molecular weight is 289 g/mol. The van der Waals surface area contributed by atoms with Gasteiger partial charge in [-0.3, -0.25) is 0 Å². The maximum Gasteiger partial charge on any atom is 0.153 e. The van der Waals surface area contributed by atoms with Crippen LogP contribution in [0, 0.1) is 0 Å². The molecule has 3 N–H and O–H groups in total. The average Bonchev–Trinajstić information content (AvgIpc) is 2.57. The first kappa shape index (κ1) is 14.1. The van der Waals surface area contributed by atoms with E-state index in [1.165, 1.54) is 11.1 Å². The lowest BCUT2D eigenvalue weighted by atomic mass is 10.0. The second-order valence-corrected chi connectivity index (χ2v) is 5.25. The maximum atomic E-state index is 5.92. The maximum absolute atomic E-state index is 5.92. The Labute approximate surface area is 130 Å². The summed E-state index contributed by atoms with van der Waals surface area (Å²) in [5.74, 6) is 0.697. The first-order chi connectivity index (χ1) is 10.8. The number of anilines is 3. The summed E-state index contributed by atoms with van der Waals surface area (Å²) in [6.45, 7) is 0. The van der Waals surface area contributed by atoms with Crippen molar-refractivity contribution in [3.05, 3.63) is 84.1 Å². The molecule has 0 atom stereocenters. The van der Waals surface area contributed by atoms with E-state index in [0.29, 0.717) is 11.5 Å². The van der Waals surface area contributed by atoms with Gasteiger partial charge in [0.2, 0.25) is 0 Å². The number of nitrogens with two attached hydrogens (primary N) is 1. The van der Waals surface area contributed by atoms with Crippen LogP contribution in [-0.2, 0) is 12.8 Å². The number of nitrogen functional groups attached to an aromatic ring is 1. The summed E-state index contributed by atoms with van der Waals surface area (Å²) in [5.41, 5.74) is 10.2. The van der Waals surface area contributed by atoms with Gasteiger partial charge in [0.1, 0.15) is 0 Å². The second kappa shape index (κ2) is 6.76. The van der Waals surface area contributed by atoms with Gasteiger partial charge in [-0.25, -0.2) is 4.98 Å². The van der Waals surface area contributed by atoms with E-state index in [-0.39, 0.29) is 0 Å². The van der Waals surface area contributed by atoms with Gasteiger partial charge in [0, 0.05) is 11.9 Å². The van der Waals surface area contributed by atoms with Crippen molar-refractivity contribution in [2.24, 2.45) is 0 Å². The zero-order valence-corrected chi connectivity index (χ0v) is 12.4. The molecule has 0 aliphatic carbocycles.